The van der Waals surface area contributed by atoms with Crippen LogP contribution in [0.5, 0.6) is 17.2 Å². The third kappa shape index (κ3) is 6.59. The number of barbiturate groups is 1. The average molecular weight is 549 g/mol. The van der Waals surface area contributed by atoms with Crippen molar-refractivity contribution in [3.63, 3.8) is 0 Å². The predicted molar refractivity (Wildman–Crippen MR) is 150 cm³/mol. The molecule has 3 aromatic carbocycles. The van der Waals surface area contributed by atoms with Crippen LogP contribution in [-0.2, 0) is 15.0 Å². The minimum absolute atomic E-state index is 0.0713. The van der Waals surface area contributed by atoms with E-state index < -0.39 is 17.8 Å². The standard InChI is InChI=1S/C30H29ClN2O6/c1-30(2,3)20-6-12-23(13-7-20)38-15-16-39-25-14-5-19(18-26(25)37-4)17-24-27(34)32-29(36)33(28(24)35)22-10-8-21(31)9-11-22/h5-14,17-18H,15-16H2,1-4H3,(H,32,34,36)/b24-17-. The highest BCUT2D eigenvalue weighted by Crippen LogP contribution is 2.30. The Balaban J connectivity index is 1.43. The maximum Gasteiger partial charge on any atom is 0.335 e. The van der Waals surface area contributed by atoms with Crippen molar-refractivity contribution in [2.75, 3.05) is 25.2 Å². The molecule has 0 saturated carbocycles. The molecule has 0 atom stereocenters. The summed E-state index contributed by atoms with van der Waals surface area (Å²) in [6, 6.07) is 18.3. The second-order valence-corrected chi connectivity index (χ2v) is 10.3. The van der Waals surface area contributed by atoms with Crippen molar-refractivity contribution >= 4 is 41.2 Å². The SMILES string of the molecule is COc1cc(/C=C2/C(=O)NC(=O)N(c3ccc(Cl)cc3)C2=O)ccc1OCCOc1ccc(C(C)(C)C)cc1. The molecular weight excluding hydrogens is 520 g/mol. The molecule has 202 valence electrons. The van der Waals surface area contributed by atoms with Crippen molar-refractivity contribution in [3.8, 4) is 17.2 Å². The summed E-state index contributed by atoms with van der Waals surface area (Å²) in [5.74, 6) is 0.0965. The van der Waals surface area contributed by atoms with Gasteiger partial charge in [0.15, 0.2) is 11.5 Å². The number of hydrogen-bond acceptors (Lipinski definition) is 6. The summed E-state index contributed by atoms with van der Waals surface area (Å²) in [6.45, 7) is 7.07. The van der Waals surface area contributed by atoms with E-state index in [9.17, 15) is 14.4 Å². The summed E-state index contributed by atoms with van der Waals surface area (Å²) < 4.78 is 17.1. The van der Waals surface area contributed by atoms with Crippen LogP contribution in [0.3, 0.4) is 0 Å². The smallest absolute Gasteiger partial charge is 0.335 e. The summed E-state index contributed by atoms with van der Waals surface area (Å²) in [7, 11) is 1.49. The van der Waals surface area contributed by atoms with Gasteiger partial charge in [-0.25, -0.2) is 9.69 Å². The Labute approximate surface area is 232 Å². The summed E-state index contributed by atoms with van der Waals surface area (Å²) in [4.78, 5) is 38.8. The molecule has 1 aliphatic heterocycles. The molecule has 8 nitrogen and oxygen atoms in total. The van der Waals surface area contributed by atoms with Gasteiger partial charge in [0.1, 0.15) is 24.5 Å². The number of methoxy groups -OCH3 is 1. The topological polar surface area (TPSA) is 94.2 Å². The number of amides is 4. The number of hydrogen-bond donors (Lipinski definition) is 1. The van der Waals surface area contributed by atoms with Gasteiger partial charge in [0.2, 0.25) is 0 Å². The number of halogens is 1. The lowest BCUT2D eigenvalue weighted by Crippen LogP contribution is -2.54. The van der Waals surface area contributed by atoms with Crippen LogP contribution in [0.15, 0.2) is 72.3 Å². The lowest BCUT2D eigenvalue weighted by atomic mass is 9.87. The fourth-order valence-electron chi connectivity index (χ4n) is 3.90. The van der Waals surface area contributed by atoms with Gasteiger partial charge >= 0.3 is 6.03 Å². The van der Waals surface area contributed by atoms with Gasteiger partial charge in [-0.2, -0.15) is 0 Å². The lowest BCUT2D eigenvalue weighted by Gasteiger charge is -2.26. The molecule has 1 saturated heterocycles. The van der Waals surface area contributed by atoms with E-state index in [4.69, 9.17) is 25.8 Å². The van der Waals surface area contributed by atoms with E-state index in [1.165, 1.54) is 30.9 Å². The van der Waals surface area contributed by atoms with Gasteiger partial charge in [0.25, 0.3) is 11.8 Å². The molecule has 0 aliphatic carbocycles. The predicted octanol–water partition coefficient (Wildman–Crippen LogP) is 5.77. The largest absolute Gasteiger partial charge is 0.493 e. The zero-order chi connectivity index (χ0) is 28.2. The first-order valence-electron chi connectivity index (χ1n) is 12.3. The molecule has 39 heavy (non-hydrogen) atoms. The number of urea groups is 1. The van der Waals surface area contributed by atoms with Crippen molar-refractivity contribution in [2.45, 2.75) is 26.2 Å². The van der Waals surface area contributed by atoms with Crippen LogP contribution < -0.4 is 24.4 Å². The van der Waals surface area contributed by atoms with E-state index in [1.54, 1.807) is 30.3 Å². The second-order valence-electron chi connectivity index (χ2n) is 9.82. The summed E-state index contributed by atoms with van der Waals surface area (Å²) in [6.07, 6.45) is 1.39. The monoisotopic (exact) mass is 548 g/mol. The van der Waals surface area contributed by atoms with Gasteiger partial charge in [0.05, 0.1) is 12.8 Å². The fourth-order valence-corrected chi connectivity index (χ4v) is 4.03. The van der Waals surface area contributed by atoms with E-state index in [-0.39, 0.29) is 23.3 Å². The van der Waals surface area contributed by atoms with Gasteiger partial charge in [0, 0.05) is 5.02 Å². The molecule has 1 fully saturated rings. The van der Waals surface area contributed by atoms with Crippen molar-refractivity contribution in [1.82, 2.24) is 5.32 Å². The number of ether oxygens (including phenoxy) is 3. The molecule has 1 aliphatic rings. The summed E-state index contributed by atoms with van der Waals surface area (Å²) >= 11 is 5.91. The zero-order valence-corrected chi connectivity index (χ0v) is 22.9. The van der Waals surface area contributed by atoms with E-state index in [0.717, 1.165) is 10.6 Å². The van der Waals surface area contributed by atoms with Crippen LogP contribution in [0.4, 0.5) is 10.5 Å². The lowest BCUT2D eigenvalue weighted by molar-refractivity contribution is -0.122. The highest BCUT2D eigenvalue weighted by atomic mass is 35.5. The highest BCUT2D eigenvalue weighted by molar-refractivity contribution is 6.39. The van der Waals surface area contributed by atoms with Gasteiger partial charge in [-0.1, -0.05) is 50.6 Å². The summed E-state index contributed by atoms with van der Waals surface area (Å²) in [5, 5.41) is 2.65. The van der Waals surface area contributed by atoms with Gasteiger partial charge < -0.3 is 14.2 Å². The van der Waals surface area contributed by atoms with Crippen LogP contribution in [0.1, 0.15) is 31.9 Å². The van der Waals surface area contributed by atoms with E-state index in [0.29, 0.717) is 28.7 Å². The molecule has 3 aromatic rings. The average Bonchev–Trinajstić information content (AvgIpc) is 2.90. The first kappa shape index (κ1) is 27.7. The fraction of sp³-hybridized carbons (Fsp3) is 0.233. The molecule has 0 unspecified atom stereocenters. The molecule has 1 N–H and O–H groups in total. The van der Waals surface area contributed by atoms with Crippen LogP contribution in [0, 0.1) is 0 Å². The molecular formula is C30H29ClN2O6. The summed E-state index contributed by atoms with van der Waals surface area (Å²) in [5.41, 5.74) is 1.89. The molecule has 0 radical (unpaired) electrons. The number of carbonyl (C=O) groups is 3. The Morgan fingerprint density at radius 3 is 2.18 bits per heavy atom. The number of rotatable bonds is 8. The Kier molecular flexibility index (Phi) is 8.26. The maximum absolute atomic E-state index is 13.1. The van der Waals surface area contributed by atoms with Gasteiger partial charge in [-0.15, -0.1) is 0 Å². The molecule has 0 bridgehead atoms. The van der Waals surface area contributed by atoms with Crippen molar-refractivity contribution in [3.05, 3.63) is 88.5 Å². The Bertz CT molecular complexity index is 1410. The number of imide groups is 2. The van der Waals surface area contributed by atoms with Crippen LogP contribution >= 0.6 is 11.6 Å². The number of nitrogens with zero attached hydrogens (tertiary/aromatic N) is 1. The first-order chi connectivity index (χ1) is 18.6. The van der Waals surface area contributed by atoms with Gasteiger partial charge in [-0.05, 0) is 71.1 Å². The molecule has 9 heteroatoms. The molecule has 4 amide bonds. The Morgan fingerprint density at radius 1 is 0.872 bits per heavy atom. The second kappa shape index (κ2) is 11.6. The number of benzene rings is 3. The third-order valence-corrected chi connectivity index (χ3v) is 6.27. The minimum atomic E-state index is -0.835. The zero-order valence-electron chi connectivity index (χ0n) is 22.1. The van der Waals surface area contributed by atoms with E-state index in [1.807, 2.05) is 24.3 Å². The highest BCUT2D eigenvalue weighted by Gasteiger charge is 2.36. The molecule has 0 aromatic heterocycles. The van der Waals surface area contributed by atoms with E-state index in [2.05, 4.69) is 26.1 Å². The van der Waals surface area contributed by atoms with Crippen molar-refractivity contribution in [2.24, 2.45) is 0 Å². The molecule has 0 spiro atoms. The van der Waals surface area contributed by atoms with E-state index >= 15 is 0 Å². The molecule has 1 heterocycles. The third-order valence-electron chi connectivity index (χ3n) is 6.02. The first-order valence-corrected chi connectivity index (χ1v) is 12.7. The maximum atomic E-state index is 13.1. The number of anilines is 1. The molecule has 4 rings (SSSR count). The number of nitrogens with one attached hydrogen (secondary N) is 1. The normalized spacial score (nSPS) is 14.8. The quantitative estimate of drug-likeness (QED) is 0.218. The van der Waals surface area contributed by atoms with Gasteiger partial charge in [-0.3, -0.25) is 14.9 Å². The minimum Gasteiger partial charge on any atom is -0.493 e. The van der Waals surface area contributed by atoms with Crippen LogP contribution in [-0.4, -0.2) is 38.2 Å². The van der Waals surface area contributed by atoms with Crippen molar-refractivity contribution in [1.29, 1.82) is 0 Å². The Morgan fingerprint density at radius 2 is 1.54 bits per heavy atom. The van der Waals surface area contributed by atoms with Crippen LogP contribution in [0.25, 0.3) is 6.08 Å². The van der Waals surface area contributed by atoms with Crippen molar-refractivity contribution < 1.29 is 28.6 Å². The Hall–Kier alpha value is -4.30. The number of carbonyl (C=O) groups excluding carboxylic acids is 3. The van der Waals surface area contributed by atoms with Crippen LogP contribution in [0.2, 0.25) is 5.02 Å².